The molecule has 0 aliphatic carbocycles. The molecule has 0 atom stereocenters. The Morgan fingerprint density at radius 2 is 1.64 bits per heavy atom. The maximum absolute atomic E-state index is 12.5. The molecule has 22 heavy (non-hydrogen) atoms. The molecule has 1 aromatic carbocycles. The van der Waals surface area contributed by atoms with Crippen LogP contribution >= 0.6 is 0 Å². The Morgan fingerprint density at radius 1 is 1.09 bits per heavy atom. The highest BCUT2D eigenvalue weighted by Crippen LogP contribution is 2.20. The smallest absolute Gasteiger partial charge is 0.282 e. The molecule has 2 rings (SSSR count). The molecular formula is C15H19N3O4. The molecule has 2 amide bonds. The van der Waals surface area contributed by atoms with Gasteiger partial charge in [0.1, 0.15) is 5.56 Å². The number of piperazine rings is 1. The molecule has 0 N–H and O–H groups in total. The number of para-hydroxylation sites is 1. The molecule has 0 bridgehead atoms. The normalized spacial score (nSPS) is 15.0. The first-order valence-electron chi connectivity index (χ1n) is 7.23. The van der Waals surface area contributed by atoms with Gasteiger partial charge in [0.25, 0.3) is 11.6 Å². The lowest BCUT2D eigenvalue weighted by Crippen LogP contribution is -2.51. The van der Waals surface area contributed by atoms with Gasteiger partial charge in [0.15, 0.2) is 0 Å². The molecule has 0 saturated carbocycles. The summed E-state index contributed by atoms with van der Waals surface area (Å²) in [5.74, 6) is -0.362. The summed E-state index contributed by atoms with van der Waals surface area (Å²) in [6, 6.07) is 5.94. The Kier molecular flexibility index (Phi) is 4.75. The van der Waals surface area contributed by atoms with Crippen molar-refractivity contribution in [3.63, 3.8) is 0 Å². The topological polar surface area (TPSA) is 83.8 Å². The Labute approximate surface area is 128 Å². The molecule has 0 spiro atoms. The number of nitro groups is 1. The van der Waals surface area contributed by atoms with E-state index >= 15 is 0 Å². The molecule has 7 nitrogen and oxygen atoms in total. The van der Waals surface area contributed by atoms with Crippen LogP contribution in [-0.2, 0) is 4.79 Å². The molecule has 1 aromatic rings. The zero-order valence-electron chi connectivity index (χ0n) is 12.7. The summed E-state index contributed by atoms with van der Waals surface area (Å²) in [4.78, 5) is 38.1. The average Bonchev–Trinajstić information content (AvgIpc) is 2.53. The van der Waals surface area contributed by atoms with E-state index in [4.69, 9.17) is 0 Å². The van der Waals surface area contributed by atoms with Gasteiger partial charge < -0.3 is 9.80 Å². The summed E-state index contributed by atoms with van der Waals surface area (Å²) in [7, 11) is 0. The highest BCUT2D eigenvalue weighted by Gasteiger charge is 2.29. The molecule has 118 valence electrons. The van der Waals surface area contributed by atoms with Crippen LogP contribution in [0.1, 0.15) is 24.2 Å². The summed E-state index contributed by atoms with van der Waals surface area (Å²) < 4.78 is 0. The first-order chi connectivity index (χ1) is 10.4. The molecule has 0 aromatic heterocycles. The molecule has 1 heterocycles. The number of hydrogen-bond donors (Lipinski definition) is 0. The van der Waals surface area contributed by atoms with Crippen LogP contribution in [-0.4, -0.2) is 52.7 Å². The van der Waals surface area contributed by atoms with Crippen LogP contribution in [0.15, 0.2) is 24.3 Å². The molecule has 0 unspecified atom stereocenters. The van der Waals surface area contributed by atoms with E-state index in [9.17, 15) is 19.7 Å². The van der Waals surface area contributed by atoms with Crippen molar-refractivity contribution in [3.05, 3.63) is 39.9 Å². The van der Waals surface area contributed by atoms with Crippen LogP contribution in [0.2, 0.25) is 0 Å². The number of carbonyl (C=O) groups excluding carboxylic acids is 2. The van der Waals surface area contributed by atoms with E-state index in [2.05, 4.69) is 0 Å². The van der Waals surface area contributed by atoms with E-state index in [0.717, 1.165) is 0 Å². The molecule has 7 heteroatoms. The fourth-order valence-corrected chi connectivity index (χ4v) is 2.48. The van der Waals surface area contributed by atoms with Gasteiger partial charge in [0.05, 0.1) is 4.92 Å². The molecule has 0 radical (unpaired) electrons. The Balaban J connectivity index is 2.07. The van der Waals surface area contributed by atoms with E-state index in [-0.39, 0.29) is 29.0 Å². The van der Waals surface area contributed by atoms with Gasteiger partial charge in [-0.3, -0.25) is 19.7 Å². The van der Waals surface area contributed by atoms with Gasteiger partial charge in [0, 0.05) is 38.2 Å². The Hall–Kier alpha value is -2.44. The third-order valence-corrected chi connectivity index (χ3v) is 3.70. The van der Waals surface area contributed by atoms with Crippen molar-refractivity contribution in [1.29, 1.82) is 0 Å². The predicted octanol–water partition coefficient (Wildman–Crippen LogP) is 1.54. The van der Waals surface area contributed by atoms with Gasteiger partial charge in [-0.2, -0.15) is 0 Å². The lowest BCUT2D eigenvalue weighted by molar-refractivity contribution is -0.385. The van der Waals surface area contributed by atoms with E-state index < -0.39 is 4.92 Å². The van der Waals surface area contributed by atoms with Gasteiger partial charge in [-0.15, -0.1) is 0 Å². The third kappa shape index (κ3) is 3.24. The molecule has 1 aliphatic heterocycles. The van der Waals surface area contributed by atoms with Crippen LogP contribution in [0.5, 0.6) is 0 Å². The van der Waals surface area contributed by atoms with Gasteiger partial charge in [-0.1, -0.05) is 26.0 Å². The van der Waals surface area contributed by atoms with Gasteiger partial charge in [0.2, 0.25) is 5.91 Å². The van der Waals surface area contributed by atoms with E-state index in [1.165, 1.54) is 18.2 Å². The minimum Gasteiger partial charge on any atom is -0.339 e. The first kappa shape index (κ1) is 15.9. The number of carbonyl (C=O) groups is 2. The predicted molar refractivity (Wildman–Crippen MR) is 80.4 cm³/mol. The second-order valence-corrected chi connectivity index (χ2v) is 5.55. The number of benzene rings is 1. The van der Waals surface area contributed by atoms with Crippen molar-refractivity contribution < 1.29 is 14.5 Å². The van der Waals surface area contributed by atoms with Crippen LogP contribution in [0.3, 0.4) is 0 Å². The second-order valence-electron chi connectivity index (χ2n) is 5.55. The highest BCUT2D eigenvalue weighted by atomic mass is 16.6. The summed E-state index contributed by atoms with van der Waals surface area (Å²) >= 11 is 0. The number of nitro benzene ring substituents is 1. The summed E-state index contributed by atoms with van der Waals surface area (Å²) in [5, 5.41) is 11.0. The standard InChI is InChI=1S/C15H19N3O4/c1-11(2)14(19)16-7-9-17(10-8-16)15(20)12-5-3-4-6-13(12)18(21)22/h3-6,11H,7-10H2,1-2H3. The zero-order valence-corrected chi connectivity index (χ0v) is 12.7. The first-order valence-corrected chi connectivity index (χ1v) is 7.23. The third-order valence-electron chi connectivity index (χ3n) is 3.70. The van der Waals surface area contributed by atoms with Crippen molar-refractivity contribution in [3.8, 4) is 0 Å². The zero-order chi connectivity index (χ0) is 16.3. The van der Waals surface area contributed by atoms with Crippen molar-refractivity contribution in [2.75, 3.05) is 26.2 Å². The molecule has 1 saturated heterocycles. The Morgan fingerprint density at radius 3 is 2.18 bits per heavy atom. The van der Waals surface area contributed by atoms with Crippen molar-refractivity contribution >= 4 is 17.5 Å². The van der Waals surface area contributed by atoms with Gasteiger partial charge in [-0.25, -0.2) is 0 Å². The average molecular weight is 305 g/mol. The minimum atomic E-state index is -0.550. The largest absolute Gasteiger partial charge is 0.339 e. The van der Waals surface area contributed by atoms with Crippen LogP contribution < -0.4 is 0 Å². The lowest BCUT2D eigenvalue weighted by atomic mass is 10.1. The monoisotopic (exact) mass is 305 g/mol. The van der Waals surface area contributed by atoms with E-state index in [1.54, 1.807) is 15.9 Å². The van der Waals surface area contributed by atoms with Crippen LogP contribution in [0.25, 0.3) is 0 Å². The van der Waals surface area contributed by atoms with Gasteiger partial charge >= 0.3 is 0 Å². The van der Waals surface area contributed by atoms with Crippen LogP contribution in [0, 0.1) is 16.0 Å². The van der Waals surface area contributed by atoms with Crippen LogP contribution in [0.4, 0.5) is 5.69 Å². The molecule has 1 fully saturated rings. The lowest BCUT2D eigenvalue weighted by Gasteiger charge is -2.35. The fourth-order valence-electron chi connectivity index (χ4n) is 2.48. The minimum absolute atomic E-state index is 0.0674. The highest BCUT2D eigenvalue weighted by molar-refractivity contribution is 5.98. The quantitative estimate of drug-likeness (QED) is 0.626. The van der Waals surface area contributed by atoms with Gasteiger partial charge in [-0.05, 0) is 6.07 Å². The summed E-state index contributed by atoms with van der Waals surface area (Å²) in [5.41, 5.74) is -0.0932. The number of rotatable bonds is 3. The number of amides is 2. The van der Waals surface area contributed by atoms with E-state index in [0.29, 0.717) is 26.2 Å². The maximum atomic E-state index is 12.5. The van der Waals surface area contributed by atoms with Crippen molar-refractivity contribution in [2.45, 2.75) is 13.8 Å². The second kappa shape index (κ2) is 6.55. The fraction of sp³-hybridized carbons (Fsp3) is 0.467. The Bertz CT molecular complexity index is 592. The van der Waals surface area contributed by atoms with Crippen molar-refractivity contribution in [2.24, 2.45) is 5.92 Å². The SMILES string of the molecule is CC(C)C(=O)N1CCN(C(=O)c2ccccc2[N+](=O)[O-])CC1. The summed E-state index contributed by atoms with van der Waals surface area (Å²) in [6.07, 6.45) is 0. The van der Waals surface area contributed by atoms with E-state index in [1.807, 2.05) is 13.8 Å². The number of hydrogen-bond acceptors (Lipinski definition) is 4. The number of nitrogens with zero attached hydrogens (tertiary/aromatic N) is 3. The summed E-state index contributed by atoms with van der Waals surface area (Å²) in [6.45, 7) is 5.39. The molecular weight excluding hydrogens is 286 g/mol. The molecule has 1 aliphatic rings. The van der Waals surface area contributed by atoms with Crippen molar-refractivity contribution in [1.82, 2.24) is 9.80 Å². The maximum Gasteiger partial charge on any atom is 0.282 e.